The Bertz CT molecular complexity index is 1440. The van der Waals surface area contributed by atoms with Gasteiger partial charge >= 0.3 is 5.97 Å². The lowest BCUT2D eigenvalue weighted by Crippen LogP contribution is -2.54. The van der Waals surface area contributed by atoms with Crippen LogP contribution in [0.15, 0.2) is 61.2 Å². The number of pyridine rings is 2. The van der Waals surface area contributed by atoms with Crippen LogP contribution in [0.3, 0.4) is 0 Å². The lowest BCUT2D eigenvalue weighted by atomic mass is 9.64. The average Bonchev–Trinajstić information content (AvgIpc) is 3.52. The Labute approximate surface area is 214 Å². The molecule has 2 saturated carbocycles. The number of carboxylic acids is 1. The molecule has 0 aromatic carbocycles. The first kappa shape index (κ1) is 23.7. The fourth-order valence-corrected chi connectivity index (χ4v) is 5.78. The van der Waals surface area contributed by atoms with Gasteiger partial charge in [0, 0.05) is 37.9 Å². The Hall–Kier alpha value is -3.72. The minimum Gasteiger partial charge on any atom is -0.481 e. The zero-order valence-electron chi connectivity index (χ0n) is 20.8. The smallest absolute Gasteiger partial charge is 0.314 e. The fourth-order valence-electron chi connectivity index (χ4n) is 5.78. The molecule has 2 aliphatic carbocycles. The van der Waals surface area contributed by atoms with Crippen molar-refractivity contribution in [2.24, 2.45) is 0 Å². The predicted molar refractivity (Wildman–Crippen MR) is 136 cm³/mol. The van der Waals surface area contributed by atoms with Gasteiger partial charge in [-0.1, -0.05) is 25.0 Å². The van der Waals surface area contributed by atoms with Crippen molar-refractivity contribution in [2.45, 2.75) is 49.4 Å². The molecule has 5 heterocycles. The molecular formula is C28H31N5O4. The van der Waals surface area contributed by atoms with Gasteiger partial charge in [0.25, 0.3) is 0 Å². The van der Waals surface area contributed by atoms with E-state index in [4.69, 9.17) is 4.74 Å². The first-order valence-electron chi connectivity index (χ1n) is 13.0. The van der Waals surface area contributed by atoms with Crippen molar-refractivity contribution in [1.82, 2.24) is 24.1 Å². The van der Waals surface area contributed by atoms with Crippen molar-refractivity contribution >= 4 is 22.9 Å². The molecule has 0 unspecified atom stereocenters. The van der Waals surface area contributed by atoms with Crippen LogP contribution in [0.4, 0.5) is 0 Å². The molecule has 0 bridgehead atoms. The summed E-state index contributed by atoms with van der Waals surface area (Å²) in [6.07, 6.45) is 12.8. The number of carbonyl (C=O) groups is 2. The Kier molecular flexibility index (Phi) is 5.95. The van der Waals surface area contributed by atoms with E-state index >= 15 is 0 Å². The monoisotopic (exact) mass is 501 g/mol. The van der Waals surface area contributed by atoms with Crippen LogP contribution < -0.4 is 0 Å². The topological polar surface area (TPSA) is 101 Å². The Morgan fingerprint density at radius 2 is 1.27 bits per heavy atom. The summed E-state index contributed by atoms with van der Waals surface area (Å²) < 4.78 is 8.96. The molecule has 37 heavy (non-hydrogen) atoms. The molecule has 9 nitrogen and oxygen atoms in total. The lowest BCUT2D eigenvalue weighted by Gasteiger charge is -2.44. The molecular weight excluding hydrogens is 470 g/mol. The molecule has 0 radical (unpaired) electrons. The van der Waals surface area contributed by atoms with Gasteiger partial charge in [0.2, 0.25) is 5.91 Å². The summed E-state index contributed by atoms with van der Waals surface area (Å²) in [6.45, 7) is 2.73. The van der Waals surface area contributed by atoms with Crippen LogP contribution >= 0.6 is 0 Å². The standard InChI is InChI=1S/C16H19N3O2.C12H12N2O2/c20-15(18-8-10-21-11-9-18)16(5-1-6-16)13-2-3-14-4-7-17-19(14)12-13;15-11(16)12(5-1-6-12)9-2-3-10-4-7-13-14(10)8-9/h2-4,7,12H,1,5-6,8-11H2;2-4,7-8H,1,5-6H2,(H,15,16). The summed E-state index contributed by atoms with van der Waals surface area (Å²) in [5, 5.41) is 17.8. The van der Waals surface area contributed by atoms with Gasteiger partial charge < -0.3 is 14.7 Å². The number of morpholine rings is 1. The minimum atomic E-state index is -0.717. The van der Waals surface area contributed by atoms with Gasteiger partial charge in [-0.15, -0.1) is 0 Å². The molecule has 1 amide bonds. The van der Waals surface area contributed by atoms with Crippen LogP contribution in [-0.2, 0) is 25.2 Å². The van der Waals surface area contributed by atoms with Gasteiger partial charge in [0.05, 0.1) is 35.1 Å². The summed E-state index contributed by atoms with van der Waals surface area (Å²) in [4.78, 5) is 26.3. The molecule has 0 spiro atoms. The highest BCUT2D eigenvalue weighted by Crippen LogP contribution is 2.45. The molecule has 9 heteroatoms. The minimum absolute atomic E-state index is 0.267. The van der Waals surface area contributed by atoms with E-state index in [-0.39, 0.29) is 11.3 Å². The molecule has 1 N–H and O–H groups in total. The van der Waals surface area contributed by atoms with Gasteiger partial charge in [0.15, 0.2) is 0 Å². The molecule has 1 saturated heterocycles. The molecule has 3 aliphatic rings. The van der Waals surface area contributed by atoms with E-state index in [1.165, 1.54) is 0 Å². The molecule has 4 aromatic heterocycles. The van der Waals surface area contributed by atoms with Gasteiger partial charge in [-0.2, -0.15) is 10.2 Å². The summed E-state index contributed by atoms with van der Waals surface area (Å²) in [5.74, 6) is -0.450. The van der Waals surface area contributed by atoms with Crippen molar-refractivity contribution in [2.75, 3.05) is 26.3 Å². The number of ether oxygens (including phenoxy) is 1. The van der Waals surface area contributed by atoms with Crippen molar-refractivity contribution in [1.29, 1.82) is 0 Å². The van der Waals surface area contributed by atoms with Crippen molar-refractivity contribution < 1.29 is 19.4 Å². The van der Waals surface area contributed by atoms with Crippen LogP contribution in [0.1, 0.15) is 49.7 Å². The number of nitrogens with zero attached hydrogens (tertiary/aromatic N) is 5. The maximum atomic E-state index is 13.0. The van der Waals surface area contributed by atoms with Gasteiger partial charge in [0.1, 0.15) is 0 Å². The molecule has 192 valence electrons. The zero-order valence-corrected chi connectivity index (χ0v) is 20.8. The van der Waals surface area contributed by atoms with Crippen LogP contribution in [0.5, 0.6) is 0 Å². The first-order chi connectivity index (χ1) is 18.0. The number of rotatable bonds is 4. The number of aliphatic carboxylic acids is 1. The summed E-state index contributed by atoms with van der Waals surface area (Å²) in [7, 11) is 0. The third-order valence-electron chi connectivity index (χ3n) is 8.43. The SMILES string of the molecule is O=C(N1CCOCC1)C1(c2ccc3ccnn3c2)CCC1.O=C(O)C1(c2ccc3ccnn3c2)CCC1. The highest BCUT2D eigenvalue weighted by atomic mass is 16.5. The van der Waals surface area contributed by atoms with E-state index < -0.39 is 11.4 Å². The summed E-state index contributed by atoms with van der Waals surface area (Å²) >= 11 is 0. The molecule has 7 rings (SSSR count). The lowest BCUT2D eigenvalue weighted by molar-refractivity contribution is -0.147. The number of hydrogen-bond donors (Lipinski definition) is 1. The summed E-state index contributed by atoms with van der Waals surface area (Å²) in [5.41, 5.74) is 3.01. The number of aromatic nitrogens is 4. The van der Waals surface area contributed by atoms with E-state index in [1.54, 1.807) is 16.9 Å². The predicted octanol–water partition coefficient (Wildman–Crippen LogP) is 3.46. The van der Waals surface area contributed by atoms with E-state index in [0.29, 0.717) is 26.3 Å². The zero-order chi connectivity index (χ0) is 25.5. The van der Waals surface area contributed by atoms with Crippen molar-refractivity contribution in [3.8, 4) is 0 Å². The maximum absolute atomic E-state index is 13.0. The molecule has 3 fully saturated rings. The van der Waals surface area contributed by atoms with E-state index in [2.05, 4.69) is 22.3 Å². The Morgan fingerprint density at radius 3 is 1.73 bits per heavy atom. The molecule has 1 aliphatic heterocycles. The largest absolute Gasteiger partial charge is 0.481 e. The quantitative estimate of drug-likeness (QED) is 0.460. The van der Waals surface area contributed by atoms with E-state index in [0.717, 1.165) is 60.7 Å². The van der Waals surface area contributed by atoms with Gasteiger partial charge in [-0.05, 0) is 61.1 Å². The first-order valence-corrected chi connectivity index (χ1v) is 13.0. The van der Waals surface area contributed by atoms with Gasteiger partial charge in [-0.3, -0.25) is 9.59 Å². The second-order valence-electron chi connectivity index (χ2n) is 10.3. The highest BCUT2D eigenvalue weighted by Gasteiger charge is 2.48. The molecule has 4 aromatic rings. The number of fused-ring (bicyclic) bond motifs is 2. The van der Waals surface area contributed by atoms with Crippen LogP contribution in [0, 0.1) is 0 Å². The summed E-state index contributed by atoms with van der Waals surface area (Å²) in [6, 6.07) is 11.8. The highest BCUT2D eigenvalue weighted by molar-refractivity contribution is 5.89. The number of amides is 1. The average molecular weight is 502 g/mol. The number of carbonyl (C=O) groups excluding carboxylic acids is 1. The number of carboxylic acid groups (broad SMARTS) is 1. The fraction of sp³-hybridized carbons (Fsp3) is 0.429. The number of hydrogen-bond acceptors (Lipinski definition) is 5. The Morgan fingerprint density at radius 1 is 0.757 bits per heavy atom. The third-order valence-corrected chi connectivity index (χ3v) is 8.43. The van der Waals surface area contributed by atoms with Gasteiger partial charge in [-0.25, -0.2) is 9.03 Å². The van der Waals surface area contributed by atoms with E-state index in [9.17, 15) is 14.7 Å². The van der Waals surface area contributed by atoms with Crippen LogP contribution in [-0.4, -0.2) is 67.4 Å². The second-order valence-corrected chi connectivity index (χ2v) is 10.3. The van der Waals surface area contributed by atoms with Crippen molar-refractivity contribution in [3.63, 3.8) is 0 Å². The van der Waals surface area contributed by atoms with Crippen LogP contribution in [0.25, 0.3) is 11.0 Å². The van der Waals surface area contributed by atoms with Crippen LogP contribution in [0.2, 0.25) is 0 Å². The molecule has 0 atom stereocenters. The second kappa shape index (κ2) is 9.30. The Balaban J connectivity index is 0.000000141. The van der Waals surface area contributed by atoms with Crippen molar-refractivity contribution in [3.05, 3.63) is 72.3 Å². The maximum Gasteiger partial charge on any atom is 0.314 e. The normalized spacial score (nSPS) is 19.9. The third kappa shape index (κ3) is 3.98. The van der Waals surface area contributed by atoms with E-state index in [1.807, 2.05) is 46.1 Å².